The maximum absolute atomic E-state index is 14.7. The monoisotopic (exact) mass is 845 g/mol. The van der Waals surface area contributed by atoms with Crippen LogP contribution in [0.5, 0.6) is 0 Å². The zero-order valence-corrected chi connectivity index (χ0v) is 36.8. The number of rotatable bonds is 12. The normalized spacial score (nSPS) is 18.1. The Balaban J connectivity index is 1.02. The molecule has 1 saturated heterocycles. The van der Waals surface area contributed by atoms with Crippen molar-refractivity contribution in [3.8, 4) is 22.5 Å². The third-order valence-electron chi connectivity index (χ3n) is 13.6. The highest BCUT2D eigenvalue weighted by atomic mass is 16.7. The van der Waals surface area contributed by atoms with E-state index in [9.17, 15) is 4.79 Å². The molecule has 9 heteroatoms. The van der Waals surface area contributed by atoms with Crippen molar-refractivity contribution in [3.63, 3.8) is 0 Å². The van der Waals surface area contributed by atoms with E-state index in [0.717, 1.165) is 88.0 Å². The van der Waals surface area contributed by atoms with Crippen molar-refractivity contribution in [2.24, 2.45) is 5.92 Å². The van der Waals surface area contributed by atoms with Crippen LogP contribution in [0.2, 0.25) is 0 Å². The molecule has 0 amide bonds. The van der Waals surface area contributed by atoms with Crippen LogP contribution >= 0.6 is 0 Å². The van der Waals surface area contributed by atoms with E-state index in [2.05, 4.69) is 158 Å². The van der Waals surface area contributed by atoms with Crippen LogP contribution in [0.3, 0.4) is 0 Å². The van der Waals surface area contributed by atoms with Gasteiger partial charge in [0, 0.05) is 24.9 Å². The summed E-state index contributed by atoms with van der Waals surface area (Å²) in [4.78, 5) is 26.3. The molecule has 0 unspecified atom stereocenters. The molecule has 0 N–H and O–H groups in total. The molecule has 1 aliphatic carbocycles. The van der Waals surface area contributed by atoms with Crippen molar-refractivity contribution in [2.75, 3.05) is 7.05 Å². The largest absolute Gasteiger partial charge is 0.295 e. The molecule has 9 nitrogen and oxygen atoms in total. The Labute approximate surface area is 375 Å². The van der Waals surface area contributed by atoms with Gasteiger partial charge in [-0.1, -0.05) is 185 Å². The molecule has 8 aromatic rings. The van der Waals surface area contributed by atoms with Gasteiger partial charge in [0.15, 0.2) is 5.82 Å². The summed E-state index contributed by atoms with van der Waals surface area (Å²) < 4.78 is 3.89. The van der Waals surface area contributed by atoms with Crippen molar-refractivity contribution in [1.29, 1.82) is 0 Å². The lowest BCUT2D eigenvalue weighted by Gasteiger charge is -2.36. The van der Waals surface area contributed by atoms with Crippen molar-refractivity contribution in [3.05, 3.63) is 202 Å². The van der Waals surface area contributed by atoms with E-state index in [-0.39, 0.29) is 17.7 Å². The Hall–Kier alpha value is -6.55. The SMILES string of the molecule is CCCCc1nc2ccc([C@H]3[C@@H]4CCCCCC[C@@H]4ON3C)cc2c(=O)n1Cc1ccc(-c2ccccc2-c2nnnn2C(c2ccccc2)(c2ccccc2)c2ccccc2)cc1. The quantitative estimate of drug-likeness (QED) is 0.113. The smallest absolute Gasteiger partial charge is 0.261 e. The number of unbranched alkanes of at least 4 members (excludes halogenated alkanes) is 1. The first kappa shape index (κ1) is 41.5. The molecule has 322 valence electrons. The molecule has 3 heterocycles. The summed E-state index contributed by atoms with van der Waals surface area (Å²) in [6.45, 7) is 2.61. The van der Waals surface area contributed by atoms with Gasteiger partial charge >= 0.3 is 0 Å². The van der Waals surface area contributed by atoms with Crippen LogP contribution in [-0.4, -0.2) is 48.0 Å². The first-order valence-corrected chi connectivity index (χ1v) is 23.1. The maximum atomic E-state index is 14.7. The first-order valence-electron chi connectivity index (χ1n) is 23.1. The van der Waals surface area contributed by atoms with Crippen LogP contribution in [0.25, 0.3) is 33.4 Å². The van der Waals surface area contributed by atoms with Crippen molar-refractivity contribution in [1.82, 2.24) is 34.8 Å². The highest BCUT2D eigenvalue weighted by molar-refractivity contribution is 5.81. The second-order valence-corrected chi connectivity index (χ2v) is 17.6. The summed E-state index contributed by atoms with van der Waals surface area (Å²) in [5.74, 6) is 1.89. The van der Waals surface area contributed by atoms with Gasteiger partial charge in [0.05, 0.1) is 29.6 Å². The number of tetrazole rings is 1. The van der Waals surface area contributed by atoms with Crippen molar-refractivity contribution < 1.29 is 4.84 Å². The van der Waals surface area contributed by atoms with Gasteiger partial charge in [-0.05, 0) is 80.8 Å². The lowest BCUT2D eigenvalue weighted by atomic mass is 9.77. The summed E-state index contributed by atoms with van der Waals surface area (Å²) >= 11 is 0. The molecule has 6 aromatic carbocycles. The number of aromatic nitrogens is 6. The van der Waals surface area contributed by atoms with E-state index in [1.165, 1.54) is 25.7 Å². The molecule has 1 saturated carbocycles. The van der Waals surface area contributed by atoms with E-state index in [0.29, 0.717) is 23.7 Å². The molecular formula is C55H55N7O2. The number of benzene rings is 6. The number of nitrogens with zero attached hydrogens (tertiary/aromatic N) is 7. The summed E-state index contributed by atoms with van der Waals surface area (Å²) in [5.41, 5.74) is 8.11. The first-order chi connectivity index (χ1) is 31.5. The predicted octanol–water partition coefficient (Wildman–Crippen LogP) is 11.2. The fraction of sp³-hybridized carbons (Fsp3) is 0.291. The molecule has 0 spiro atoms. The summed E-state index contributed by atoms with van der Waals surface area (Å²) in [5, 5.41) is 16.7. The molecule has 64 heavy (non-hydrogen) atoms. The Morgan fingerprint density at radius 2 is 1.33 bits per heavy atom. The molecule has 3 atom stereocenters. The van der Waals surface area contributed by atoms with Gasteiger partial charge in [0.2, 0.25) is 0 Å². The highest BCUT2D eigenvalue weighted by Crippen LogP contribution is 2.45. The lowest BCUT2D eigenvalue weighted by Crippen LogP contribution is -2.39. The number of hydroxylamine groups is 2. The lowest BCUT2D eigenvalue weighted by molar-refractivity contribution is -0.146. The average Bonchev–Trinajstić information content (AvgIpc) is 3.94. The number of hydrogen-bond acceptors (Lipinski definition) is 7. The zero-order valence-electron chi connectivity index (χ0n) is 36.8. The van der Waals surface area contributed by atoms with Crippen LogP contribution in [-0.2, 0) is 23.3 Å². The van der Waals surface area contributed by atoms with Gasteiger partial charge in [-0.15, -0.1) is 5.10 Å². The van der Waals surface area contributed by atoms with E-state index in [1.54, 1.807) is 0 Å². The van der Waals surface area contributed by atoms with Crippen molar-refractivity contribution >= 4 is 10.9 Å². The fourth-order valence-electron chi connectivity index (χ4n) is 10.5. The molecular weight excluding hydrogens is 791 g/mol. The van der Waals surface area contributed by atoms with Gasteiger partial charge in [0.25, 0.3) is 5.56 Å². The highest BCUT2D eigenvalue weighted by Gasteiger charge is 2.43. The molecule has 0 radical (unpaired) electrons. The van der Waals surface area contributed by atoms with Crippen LogP contribution in [0.1, 0.15) is 98.0 Å². The third-order valence-corrected chi connectivity index (χ3v) is 13.6. The van der Waals surface area contributed by atoms with Gasteiger partial charge in [-0.2, -0.15) is 5.06 Å². The van der Waals surface area contributed by atoms with Crippen LogP contribution in [0.4, 0.5) is 0 Å². The molecule has 2 aromatic heterocycles. The van der Waals surface area contributed by atoms with E-state index >= 15 is 0 Å². The molecule has 1 aliphatic heterocycles. The Bertz CT molecular complexity index is 2800. The van der Waals surface area contributed by atoms with Gasteiger partial charge in [-0.3, -0.25) is 14.2 Å². The van der Waals surface area contributed by atoms with Gasteiger partial charge in [-0.25, -0.2) is 9.67 Å². The molecule has 2 aliphatic rings. The summed E-state index contributed by atoms with van der Waals surface area (Å²) in [6, 6.07) is 54.7. The maximum Gasteiger partial charge on any atom is 0.261 e. The van der Waals surface area contributed by atoms with E-state index in [1.807, 2.05) is 33.5 Å². The van der Waals surface area contributed by atoms with E-state index in [4.69, 9.17) is 20.1 Å². The summed E-state index contributed by atoms with van der Waals surface area (Å²) in [6.07, 6.45) is 10.2. The Morgan fingerprint density at radius 1 is 0.703 bits per heavy atom. The zero-order chi connectivity index (χ0) is 43.5. The van der Waals surface area contributed by atoms with Crippen molar-refractivity contribution in [2.45, 2.75) is 88.9 Å². The predicted molar refractivity (Wildman–Crippen MR) is 254 cm³/mol. The van der Waals surface area contributed by atoms with Crippen LogP contribution in [0.15, 0.2) is 163 Å². The van der Waals surface area contributed by atoms with Crippen LogP contribution < -0.4 is 5.56 Å². The number of fused-ring (bicyclic) bond motifs is 2. The molecule has 0 bridgehead atoms. The minimum atomic E-state index is -0.880. The standard InChI is InChI=1S/C55H55N7O2/c1-3-4-30-51-56-49-36-35-41(52-47-28-16-5-6-17-29-50(47)64-60(52)2)37-48(49)54(63)61(51)38-39-31-33-40(34-32-39)45-26-18-19-27-46(45)53-57-58-59-62(53)55(42-20-10-7-11-21-42,43-22-12-8-13-23-43)44-24-14-9-15-25-44/h7-15,18-27,31-37,47,50,52H,3-6,16-17,28-30,38H2,1-2H3/t47-,50+,52+/m1/s1. The van der Waals surface area contributed by atoms with Gasteiger partial charge < -0.3 is 0 Å². The number of hydrogen-bond donors (Lipinski definition) is 0. The Kier molecular flexibility index (Phi) is 11.8. The minimum Gasteiger partial charge on any atom is -0.295 e. The second kappa shape index (κ2) is 18.3. The van der Waals surface area contributed by atoms with Gasteiger partial charge in [0.1, 0.15) is 11.4 Å². The van der Waals surface area contributed by atoms with Crippen LogP contribution in [0, 0.1) is 5.92 Å². The third kappa shape index (κ3) is 7.67. The Morgan fingerprint density at radius 3 is 1.98 bits per heavy atom. The average molecular weight is 846 g/mol. The molecule has 2 fully saturated rings. The topological polar surface area (TPSA) is 91.0 Å². The number of aryl methyl sites for hydroxylation is 1. The molecule has 10 rings (SSSR count). The minimum absolute atomic E-state index is 0.00808. The summed E-state index contributed by atoms with van der Waals surface area (Å²) in [7, 11) is 2.06. The van der Waals surface area contributed by atoms with E-state index < -0.39 is 5.54 Å². The fourth-order valence-corrected chi connectivity index (χ4v) is 10.5. The second-order valence-electron chi connectivity index (χ2n) is 17.6.